The summed E-state index contributed by atoms with van der Waals surface area (Å²) >= 11 is 0. The maximum absolute atomic E-state index is 12.1. The van der Waals surface area contributed by atoms with Gasteiger partial charge >= 0.3 is 0 Å². The summed E-state index contributed by atoms with van der Waals surface area (Å²) in [5.74, 6) is -0.316. The van der Waals surface area contributed by atoms with E-state index in [4.69, 9.17) is 0 Å². The van der Waals surface area contributed by atoms with Crippen LogP contribution in [0.15, 0.2) is 24.3 Å². The van der Waals surface area contributed by atoms with E-state index in [0.717, 1.165) is 37.2 Å². The smallest absolute Gasteiger partial charge is 0.230 e. The Morgan fingerprint density at radius 3 is 2.62 bits per heavy atom. The predicted molar refractivity (Wildman–Crippen MR) is 86.6 cm³/mol. The second-order valence-corrected chi connectivity index (χ2v) is 5.92. The molecule has 1 aromatic carbocycles. The van der Waals surface area contributed by atoms with Gasteiger partial charge in [0.2, 0.25) is 5.91 Å². The number of hydrogen-bond donors (Lipinski definition) is 2. The number of aliphatic hydroxyl groups excluding tert-OH is 1. The maximum Gasteiger partial charge on any atom is 0.230 e. The number of carbonyl (C=O) groups is 1. The Morgan fingerprint density at radius 1 is 1.33 bits per heavy atom. The van der Waals surface area contributed by atoms with Gasteiger partial charge in [0.25, 0.3) is 0 Å². The highest BCUT2D eigenvalue weighted by Gasteiger charge is 2.31. The predicted octanol–water partition coefficient (Wildman–Crippen LogP) is 3.02. The van der Waals surface area contributed by atoms with Gasteiger partial charge in [-0.05, 0) is 49.9 Å². The number of rotatable bonds is 6. The second-order valence-electron chi connectivity index (χ2n) is 5.92. The highest BCUT2D eigenvalue weighted by molar-refractivity contribution is 5.93. The Hall–Kier alpha value is -1.55. The summed E-state index contributed by atoms with van der Waals surface area (Å²) in [4.78, 5) is 14.3. The molecule has 4 heteroatoms. The van der Waals surface area contributed by atoms with Gasteiger partial charge < -0.3 is 15.3 Å². The average Bonchev–Trinajstić information content (AvgIpc) is 2.91. The van der Waals surface area contributed by atoms with Crippen LogP contribution in [0.4, 0.5) is 11.4 Å². The monoisotopic (exact) mass is 290 g/mol. The molecule has 1 fully saturated rings. The normalized spacial score (nSPS) is 21.3. The molecule has 116 valence electrons. The van der Waals surface area contributed by atoms with E-state index in [9.17, 15) is 9.90 Å². The van der Waals surface area contributed by atoms with Crippen LogP contribution in [-0.4, -0.2) is 30.7 Å². The first-order valence-corrected chi connectivity index (χ1v) is 7.92. The third-order valence-electron chi connectivity index (χ3n) is 4.24. The number of nitrogens with zero attached hydrogens (tertiary/aromatic N) is 1. The van der Waals surface area contributed by atoms with Crippen molar-refractivity contribution >= 4 is 17.3 Å². The molecule has 2 atom stereocenters. The molecular weight excluding hydrogens is 264 g/mol. The first-order chi connectivity index (χ1) is 10.1. The van der Waals surface area contributed by atoms with Gasteiger partial charge in [-0.3, -0.25) is 4.79 Å². The largest absolute Gasteiger partial charge is 0.392 e. The van der Waals surface area contributed by atoms with Crippen LogP contribution in [-0.2, 0) is 4.79 Å². The van der Waals surface area contributed by atoms with Gasteiger partial charge in [0, 0.05) is 25.0 Å². The van der Waals surface area contributed by atoms with Crippen molar-refractivity contribution < 1.29 is 9.90 Å². The first kappa shape index (κ1) is 15.8. The standard InChI is InChI=1S/C17H26N2O2/c1-3-4-12-19(2)14-10-8-13(9-11-14)18-17(21)15-6-5-7-16(15)20/h8-11,15-16,20H,3-7,12H2,1-2H3,(H,18,21). The summed E-state index contributed by atoms with van der Waals surface area (Å²) in [6, 6.07) is 7.90. The van der Waals surface area contributed by atoms with Gasteiger partial charge in [-0.25, -0.2) is 0 Å². The molecule has 1 aromatic rings. The van der Waals surface area contributed by atoms with Crippen molar-refractivity contribution in [1.29, 1.82) is 0 Å². The number of unbranched alkanes of at least 4 members (excludes halogenated alkanes) is 1. The molecule has 0 aromatic heterocycles. The fourth-order valence-corrected chi connectivity index (χ4v) is 2.80. The van der Waals surface area contributed by atoms with E-state index in [1.807, 2.05) is 24.3 Å². The molecular formula is C17H26N2O2. The molecule has 0 spiro atoms. The molecule has 0 bridgehead atoms. The lowest BCUT2D eigenvalue weighted by Crippen LogP contribution is -2.28. The van der Waals surface area contributed by atoms with E-state index in [0.29, 0.717) is 0 Å². The van der Waals surface area contributed by atoms with Gasteiger partial charge in [0.15, 0.2) is 0 Å². The number of benzene rings is 1. The summed E-state index contributed by atoms with van der Waals surface area (Å²) in [5, 5.41) is 12.7. The van der Waals surface area contributed by atoms with E-state index in [-0.39, 0.29) is 11.8 Å². The minimum Gasteiger partial charge on any atom is -0.392 e. The number of hydrogen-bond acceptors (Lipinski definition) is 3. The van der Waals surface area contributed by atoms with E-state index < -0.39 is 6.10 Å². The van der Waals surface area contributed by atoms with Crippen LogP contribution in [0, 0.1) is 5.92 Å². The molecule has 1 aliphatic carbocycles. The summed E-state index contributed by atoms with van der Waals surface area (Å²) in [6.45, 7) is 3.22. The third kappa shape index (κ3) is 4.21. The van der Waals surface area contributed by atoms with Gasteiger partial charge in [-0.15, -0.1) is 0 Å². The zero-order chi connectivity index (χ0) is 15.2. The van der Waals surface area contributed by atoms with Crippen molar-refractivity contribution in [1.82, 2.24) is 0 Å². The van der Waals surface area contributed by atoms with Gasteiger partial charge in [0.1, 0.15) is 0 Å². The number of nitrogens with one attached hydrogen (secondary N) is 1. The second kappa shape index (κ2) is 7.46. The van der Waals surface area contributed by atoms with Crippen molar-refractivity contribution in [3.63, 3.8) is 0 Å². The van der Waals surface area contributed by atoms with Crippen molar-refractivity contribution in [2.24, 2.45) is 5.92 Å². The Kier molecular flexibility index (Phi) is 5.62. The van der Waals surface area contributed by atoms with Crippen molar-refractivity contribution in [2.75, 3.05) is 23.8 Å². The van der Waals surface area contributed by atoms with Crippen LogP contribution in [0.1, 0.15) is 39.0 Å². The van der Waals surface area contributed by atoms with Crippen LogP contribution in [0.5, 0.6) is 0 Å². The van der Waals surface area contributed by atoms with Gasteiger partial charge in [-0.2, -0.15) is 0 Å². The number of amides is 1. The first-order valence-electron chi connectivity index (χ1n) is 7.92. The quantitative estimate of drug-likeness (QED) is 0.846. The van der Waals surface area contributed by atoms with E-state index in [1.165, 1.54) is 12.8 Å². The Balaban J connectivity index is 1.91. The zero-order valence-electron chi connectivity index (χ0n) is 13.0. The van der Waals surface area contributed by atoms with Crippen LogP contribution in [0.2, 0.25) is 0 Å². The van der Waals surface area contributed by atoms with Gasteiger partial charge in [0.05, 0.1) is 12.0 Å². The SMILES string of the molecule is CCCCN(C)c1ccc(NC(=O)C2CCCC2O)cc1. The van der Waals surface area contributed by atoms with Crippen LogP contribution in [0.25, 0.3) is 0 Å². The van der Waals surface area contributed by atoms with E-state index in [1.54, 1.807) is 0 Å². The maximum atomic E-state index is 12.1. The van der Waals surface area contributed by atoms with Crippen LogP contribution in [0.3, 0.4) is 0 Å². The molecule has 0 radical (unpaired) electrons. The lowest BCUT2D eigenvalue weighted by atomic mass is 10.1. The molecule has 2 N–H and O–H groups in total. The van der Waals surface area contributed by atoms with E-state index in [2.05, 4.69) is 24.2 Å². The highest BCUT2D eigenvalue weighted by atomic mass is 16.3. The topological polar surface area (TPSA) is 52.6 Å². The highest BCUT2D eigenvalue weighted by Crippen LogP contribution is 2.27. The molecule has 2 unspecified atom stereocenters. The zero-order valence-corrected chi connectivity index (χ0v) is 13.0. The Bertz CT molecular complexity index is 458. The number of anilines is 2. The average molecular weight is 290 g/mol. The summed E-state index contributed by atoms with van der Waals surface area (Å²) < 4.78 is 0. The summed E-state index contributed by atoms with van der Waals surface area (Å²) in [5.41, 5.74) is 1.95. The molecule has 4 nitrogen and oxygen atoms in total. The Labute approximate surface area is 127 Å². The number of aliphatic hydroxyl groups is 1. The summed E-state index contributed by atoms with van der Waals surface area (Å²) in [6.07, 6.45) is 4.32. The third-order valence-corrected chi connectivity index (χ3v) is 4.24. The van der Waals surface area contributed by atoms with Crippen molar-refractivity contribution in [3.05, 3.63) is 24.3 Å². The molecule has 0 heterocycles. The minimum atomic E-state index is -0.482. The van der Waals surface area contributed by atoms with Gasteiger partial charge in [-0.1, -0.05) is 13.3 Å². The molecule has 1 amide bonds. The molecule has 0 aliphatic heterocycles. The summed E-state index contributed by atoms with van der Waals surface area (Å²) in [7, 11) is 2.08. The lowest BCUT2D eigenvalue weighted by Gasteiger charge is -2.19. The molecule has 1 aliphatic rings. The van der Waals surface area contributed by atoms with E-state index >= 15 is 0 Å². The van der Waals surface area contributed by atoms with Crippen molar-refractivity contribution in [2.45, 2.75) is 45.1 Å². The van der Waals surface area contributed by atoms with Crippen LogP contribution < -0.4 is 10.2 Å². The van der Waals surface area contributed by atoms with Crippen LogP contribution >= 0.6 is 0 Å². The Morgan fingerprint density at radius 2 is 2.05 bits per heavy atom. The lowest BCUT2D eigenvalue weighted by molar-refractivity contribution is -0.122. The fourth-order valence-electron chi connectivity index (χ4n) is 2.80. The minimum absolute atomic E-state index is 0.0629. The van der Waals surface area contributed by atoms with Crippen molar-refractivity contribution in [3.8, 4) is 0 Å². The molecule has 0 saturated heterocycles. The fraction of sp³-hybridized carbons (Fsp3) is 0.588. The molecule has 21 heavy (non-hydrogen) atoms. The molecule has 1 saturated carbocycles. The molecule has 2 rings (SSSR count). The number of carbonyl (C=O) groups excluding carboxylic acids is 1.